The molecule has 0 saturated heterocycles. The summed E-state index contributed by atoms with van der Waals surface area (Å²) >= 11 is 2.93. The van der Waals surface area contributed by atoms with Crippen molar-refractivity contribution in [1.82, 2.24) is 20.3 Å². The summed E-state index contributed by atoms with van der Waals surface area (Å²) in [4.78, 5) is 9.38. The van der Waals surface area contributed by atoms with E-state index < -0.39 is 11.7 Å². The van der Waals surface area contributed by atoms with Crippen molar-refractivity contribution in [3.63, 3.8) is 0 Å². The van der Waals surface area contributed by atoms with Crippen LogP contribution in [-0.2, 0) is 17.7 Å². The average Bonchev–Trinajstić information content (AvgIpc) is 3.42. The first-order chi connectivity index (χ1) is 13.5. The third-order valence-corrected chi connectivity index (χ3v) is 5.34. The second kappa shape index (κ2) is 7.76. The number of nitrogens with zero attached hydrogens (tertiary/aromatic N) is 4. The number of benzene rings is 1. The molecule has 0 bridgehead atoms. The molecule has 0 atom stereocenters. The normalized spacial score (nSPS) is 11.8. The molecule has 0 aliphatic carbocycles. The highest BCUT2D eigenvalue weighted by molar-refractivity contribution is 7.97. The summed E-state index contributed by atoms with van der Waals surface area (Å²) in [6.07, 6.45) is -4.43. The number of thioether (sulfide) groups is 1. The zero-order valence-electron chi connectivity index (χ0n) is 14.0. The van der Waals surface area contributed by atoms with Gasteiger partial charge in [0, 0.05) is 5.56 Å². The lowest BCUT2D eigenvalue weighted by molar-refractivity contribution is -0.137. The van der Waals surface area contributed by atoms with Crippen molar-refractivity contribution >= 4 is 23.1 Å². The zero-order valence-corrected chi connectivity index (χ0v) is 15.6. The molecule has 0 unspecified atom stereocenters. The monoisotopic (exact) mass is 424 g/mol. The van der Waals surface area contributed by atoms with Gasteiger partial charge in [-0.3, -0.25) is 0 Å². The van der Waals surface area contributed by atoms with E-state index in [9.17, 15) is 13.2 Å². The molecule has 0 saturated carbocycles. The lowest BCUT2D eigenvalue weighted by Crippen LogP contribution is -2.04. The van der Waals surface area contributed by atoms with Crippen molar-refractivity contribution < 1.29 is 22.2 Å². The Morgan fingerprint density at radius 1 is 0.929 bits per heavy atom. The van der Waals surface area contributed by atoms with Crippen LogP contribution in [0.3, 0.4) is 0 Å². The number of hydrogen-bond acceptors (Lipinski definition) is 8. The van der Waals surface area contributed by atoms with Crippen molar-refractivity contribution in [2.75, 3.05) is 0 Å². The fourth-order valence-corrected chi connectivity index (χ4v) is 3.65. The van der Waals surface area contributed by atoms with E-state index in [-0.39, 0.29) is 11.4 Å². The van der Waals surface area contributed by atoms with Crippen LogP contribution in [0.2, 0.25) is 0 Å². The Labute approximate surface area is 164 Å². The minimum atomic E-state index is -4.43. The summed E-state index contributed by atoms with van der Waals surface area (Å²) in [5.41, 5.74) is -0.518. The van der Waals surface area contributed by atoms with Gasteiger partial charge >= 0.3 is 6.18 Å². The van der Waals surface area contributed by atoms with E-state index in [1.54, 1.807) is 0 Å². The Morgan fingerprint density at radius 3 is 2.32 bits per heavy atom. The summed E-state index contributed by atoms with van der Waals surface area (Å²) < 4.78 is 48.8. The second-order valence-electron chi connectivity index (χ2n) is 5.57. The number of hydrogen-bond donors (Lipinski definition) is 0. The molecule has 3 aromatic heterocycles. The number of aromatic nitrogens is 4. The third-order valence-electron chi connectivity index (χ3n) is 3.58. The Morgan fingerprint density at radius 2 is 1.64 bits per heavy atom. The predicted molar refractivity (Wildman–Crippen MR) is 97.3 cm³/mol. The summed E-state index contributed by atoms with van der Waals surface area (Å²) in [7, 11) is 0. The predicted octanol–water partition coefficient (Wildman–Crippen LogP) is 5.30. The molecule has 0 fully saturated rings. The Hall–Kier alpha value is -2.66. The van der Waals surface area contributed by atoms with Crippen molar-refractivity contribution in [2.24, 2.45) is 0 Å². The molecule has 0 amide bonds. The fraction of sp³-hybridized carbons (Fsp3) is 0.176. The van der Waals surface area contributed by atoms with Gasteiger partial charge in [0.2, 0.25) is 23.4 Å². The van der Waals surface area contributed by atoms with Gasteiger partial charge in [-0.05, 0) is 23.6 Å². The minimum Gasteiger partial charge on any atom is -0.338 e. The molecule has 11 heteroatoms. The second-order valence-corrected chi connectivity index (χ2v) is 7.51. The molecule has 0 aliphatic heterocycles. The molecule has 4 rings (SSSR count). The average molecular weight is 424 g/mol. The van der Waals surface area contributed by atoms with E-state index in [4.69, 9.17) is 9.05 Å². The van der Waals surface area contributed by atoms with Gasteiger partial charge in [-0.15, -0.1) is 23.1 Å². The highest BCUT2D eigenvalue weighted by Crippen LogP contribution is 2.31. The van der Waals surface area contributed by atoms with Crippen LogP contribution in [0, 0.1) is 0 Å². The standard InChI is InChI=1S/C17H11F3N4O2S2/c18-17(19,20)11-4-1-3-10(7-11)15-21-13(25-23-15)8-27-9-14-22-16(24-26-14)12-5-2-6-28-12/h1-7H,8-9H2. The van der Waals surface area contributed by atoms with Crippen LogP contribution in [0.5, 0.6) is 0 Å². The van der Waals surface area contributed by atoms with Crippen LogP contribution >= 0.6 is 23.1 Å². The Kier molecular flexibility index (Phi) is 5.18. The first-order valence-corrected chi connectivity index (χ1v) is 9.97. The Bertz CT molecular complexity index is 1060. The van der Waals surface area contributed by atoms with E-state index in [2.05, 4.69) is 20.3 Å². The molecule has 0 radical (unpaired) electrons. The van der Waals surface area contributed by atoms with Crippen LogP contribution in [-0.4, -0.2) is 20.3 Å². The highest BCUT2D eigenvalue weighted by Gasteiger charge is 2.30. The van der Waals surface area contributed by atoms with Crippen molar-refractivity contribution in [2.45, 2.75) is 17.7 Å². The van der Waals surface area contributed by atoms with Crippen molar-refractivity contribution in [3.05, 3.63) is 59.1 Å². The molecule has 1 aromatic carbocycles. The molecule has 0 N–H and O–H groups in total. The molecule has 0 aliphatic rings. The fourth-order valence-electron chi connectivity index (χ4n) is 2.31. The molecule has 28 heavy (non-hydrogen) atoms. The number of halogens is 3. The van der Waals surface area contributed by atoms with Gasteiger partial charge in [-0.25, -0.2) is 0 Å². The maximum absolute atomic E-state index is 12.8. The molecule has 4 aromatic rings. The number of rotatable bonds is 6. The van der Waals surface area contributed by atoms with E-state index in [0.717, 1.165) is 17.0 Å². The van der Waals surface area contributed by atoms with E-state index in [1.165, 1.54) is 35.2 Å². The van der Waals surface area contributed by atoms with E-state index in [0.29, 0.717) is 29.1 Å². The molecule has 0 spiro atoms. The Balaban J connectivity index is 1.37. The summed E-state index contributed by atoms with van der Waals surface area (Å²) in [5.74, 6) is 2.22. The lowest BCUT2D eigenvalue weighted by atomic mass is 10.1. The third kappa shape index (κ3) is 4.25. The lowest BCUT2D eigenvalue weighted by Gasteiger charge is -2.06. The maximum atomic E-state index is 12.8. The molecular weight excluding hydrogens is 413 g/mol. The van der Waals surface area contributed by atoms with Crippen LogP contribution in [0.1, 0.15) is 17.3 Å². The summed E-state index contributed by atoms with van der Waals surface area (Å²) in [5, 5.41) is 9.61. The molecule has 6 nitrogen and oxygen atoms in total. The summed E-state index contributed by atoms with van der Waals surface area (Å²) in [6, 6.07) is 8.61. The van der Waals surface area contributed by atoms with Crippen LogP contribution in [0.4, 0.5) is 13.2 Å². The SMILES string of the molecule is FC(F)(F)c1cccc(-c2noc(CSCc3nc(-c4cccs4)no3)n2)c1. The molecular formula is C17H11F3N4O2S2. The number of alkyl halides is 3. The van der Waals surface area contributed by atoms with Crippen LogP contribution in [0.25, 0.3) is 22.1 Å². The molecule has 144 valence electrons. The van der Waals surface area contributed by atoms with E-state index >= 15 is 0 Å². The first-order valence-electron chi connectivity index (χ1n) is 7.93. The van der Waals surface area contributed by atoms with Gasteiger partial charge in [0.25, 0.3) is 0 Å². The zero-order chi connectivity index (χ0) is 19.6. The minimum absolute atomic E-state index is 0.111. The van der Waals surface area contributed by atoms with Gasteiger partial charge in [0.1, 0.15) is 0 Å². The van der Waals surface area contributed by atoms with Gasteiger partial charge in [0.15, 0.2) is 0 Å². The van der Waals surface area contributed by atoms with Gasteiger partial charge in [0.05, 0.1) is 21.9 Å². The van der Waals surface area contributed by atoms with Gasteiger partial charge in [-0.2, -0.15) is 23.1 Å². The maximum Gasteiger partial charge on any atom is 0.416 e. The first kappa shape index (κ1) is 18.7. The summed E-state index contributed by atoms with van der Waals surface area (Å²) in [6.45, 7) is 0. The van der Waals surface area contributed by atoms with Crippen LogP contribution < -0.4 is 0 Å². The van der Waals surface area contributed by atoms with Crippen LogP contribution in [0.15, 0.2) is 50.8 Å². The number of thiophene rings is 1. The highest BCUT2D eigenvalue weighted by atomic mass is 32.2. The topological polar surface area (TPSA) is 77.8 Å². The van der Waals surface area contributed by atoms with Crippen molar-refractivity contribution in [1.29, 1.82) is 0 Å². The van der Waals surface area contributed by atoms with Gasteiger partial charge < -0.3 is 9.05 Å². The smallest absolute Gasteiger partial charge is 0.338 e. The van der Waals surface area contributed by atoms with Crippen molar-refractivity contribution in [3.8, 4) is 22.1 Å². The van der Waals surface area contributed by atoms with Gasteiger partial charge in [-0.1, -0.05) is 28.5 Å². The van der Waals surface area contributed by atoms with E-state index in [1.807, 2.05) is 17.5 Å². The molecule has 3 heterocycles. The largest absolute Gasteiger partial charge is 0.416 e. The quantitative estimate of drug-likeness (QED) is 0.416.